The minimum absolute atomic E-state index is 0.280. The molecule has 1 atom stereocenters. The van der Waals surface area contributed by atoms with Crippen LogP contribution in [-0.2, 0) is 16.1 Å². The molecule has 0 saturated heterocycles. The molecule has 0 fully saturated rings. The molecule has 0 bridgehead atoms. The quantitative estimate of drug-likeness (QED) is 0.607. The van der Waals surface area contributed by atoms with Crippen molar-refractivity contribution in [2.75, 3.05) is 45.1 Å². The fraction of sp³-hybridized carbons (Fsp3) is 0.636. The van der Waals surface area contributed by atoms with Crippen LogP contribution in [0.1, 0.15) is 5.82 Å². The van der Waals surface area contributed by atoms with Gasteiger partial charge >= 0.3 is 0 Å². The Labute approximate surface area is 107 Å². The molecule has 0 aliphatic rings. The maximum Gasteiger partial charge on any atom is 0.158 e. The highest BCUT2D eigenvalue weighted by atomic mass is 16.5. The van der Waals surface area contributed by atoms with Gasteiger partial charge in [-0.25, -0.2) is 9.97 Å². The summed E-state index contributed by atoms with van der Waals surface area (Å²) in [5.41, 5.74) is 0. The minimum atomic E-state index is -0.575. The Balaban J connectivity index is 2.65. The van der Waals surface area contributed by atoms with Crippen LogP contribution in [0, 0.1) is 0 Å². The van der Waals surface area contributed by atoms with E-state index in [0.717, 1.165) is 0 Å². The van der Waals surface area contributed by atoms with Crippen molar-refractivity contribution in [3.05, 3.63) is 11.9 Å². The van der Waals surface area contributed by atoms with Gasteiger partial charge in [0, 0.05) is 33.9 Å². The second-order valence-corrected chi connectivity index (χ2v) is 3.73. The molecule has 7 heteroatoms. The third-order valence-corrected chi connectivity index (χ3v) is 2.18. The third kappa shape index (κ3) is 4.82. The Morgan fingerprint density at radius 2 is 2.00 bits per heavy atom. The van der Waals surface area contributed by atoms with E-state index >= 15 is 0 Å². The van der Waals surface area contributed by atoms with E-state index in [0.29, 0.717) is 30.6 Å². The van der Waals surface area contributed by atoms with Gasteiger partial charge in [0.15, 0.2) is 5.82 Å². The van der Waals surface area contributed by atoms with Crippen LogP contribution < -0.4 is 10.6 Å². The summed E-state index contributed by atoms with van der Waals surface area (Å²) in [6.45, 7) is 0.979. The third-order valence-electron chi connectivity index (χ3n) is 2.18. The first-order valence-electron chi connectivity index (χ1n) is 5.65. The molecule has 1 aromatic heterocycles. The second-order valence-electron chi connectivity index (χ2n) is 3.73. The summed E-state index contributed by atoms with van der Waals surface area (Å²) in [6, 6.07) is 1.76. The van der Waals surface area contributed by atoms with E-state index in [1.165, 1.54) is 0 Å². The molecule has 1 heterocycles. The highest BCUT2D eigenvalue weighted by molar-refractivity contribution is 5.47. The zero-order valence-electron chi connectivity index (χ0n) is 10.9. The first kappa shape index (κ1) is 14.6. The van der Waals surface area contributed by atoms with Crippen LogP contribution in [0.5, 0.6) is 0 Å². The molecule has 0 aromatic carbocycles. The largest absolute Gasteiger partial charge is 0.389 e. The topological polar surface area (TPSA) is 88.5 Å². The van der Waals surface area contributed by atoms with Gasteiger partial charge in [-0.2, -0.15) is 0 Å². The van der Waals surface area contributed by atoms with Crippen molar-refractivity contribution < 1.29 is 14.6 Å². The van der Waals surface area contributed by atoms with Gasteiger partial charge < -0.3 is 25.2 Å². The summed E-state index contributed by atoms with van der Waals surface area (Å²) in [6.07, 6.45) is -0.575. The van der Waals surface area contributed by atoms with Crippen molar-refractivity contribution in [3.8, 4) is 0 Å². The number of ether oxygens (including phenoxy) is 2. The van der Waals surface area contributed by atoms with Crippen molar-refractivity contribution in [2.45, 2.75) is 12.7 Å². The fourth-order valence-electron chi connectivity index (χ4n) is 1.38. The summed E-state index contributed by atoms with van der Waals surface area (Å²) in [4.78, 5) is 8.49. The maximum absolute atomic E-state index is 9.54. The number of anilines is 2. The van der Waals surface area contributed by atoms with Gasteiger partial charge in [0.05, 0.1) is 12.7 Å². The van der Waals surface area contributed by atoms with Gasteiger partial charge in [-0.05, 0) is 0 Å². The van der Waals surface area contributed by atoms with E-state index in [1.54, 1.807) is 27.3 Å². The zero-order valence-corrected chi connectivity index (χ0v) is 10.9. The molecule has 0 radical (unpaired) electrons. The number of hydrogen-bond acceptors (Lipinski definition) is 7. The lowest BCUT2D eigenvalue weighted by atomic mass is 10.3. The highest BCUT2D eigenvalue weighted by Gasteiger charge is 2.06. The van der Waals surface area contributed by atoms with Gasteiger partial charge in [-0.3, -0.25) is 0 Å². The summed E-state index contributed by atoms with van der Waals surface area (Å²) in [5, 5.41) is 15.5. The molecule has 1 aromatic rings. The van der Waals surface area contributed by atoms with Crippen LogP contribution in [-0.4, -0.2) is 55.6 Å². The van der Waals surface area contributed by atoms with Gasteiger partial charge in [-0.15, -0.1) is 0 Å². The van der Waals surface area contributed by atoms with Crippen molar-refractivity contribution >= 4 is 11.6 Å². The molecule has 18 heavy (non-hydrogen) atoms. The first-order chi connectivity index (χ1) is 8.69. The van der Waals surface area contributed by atoms with E-state index in [-0.39, 0.29) is 6.61 Å². The molecular formula is C11H20N4O3. The normalized spacial score (nSPS) is 12.2. The Hall–Kier alpha value is -1.44. The summed E-state index contributed by atoms with van der Waals surface area (Å²) < 4.78 is 9.84. The smallest absolute Gasteiger partial charge is 0.158 e. The number of aliphatic hydroxyl groups is 1. The van der Waals surface area contributed by atoms with Crippen molar-refractivity contribution in [2.24, 2.45) is 0 Å². The average molecular weight is 256 g/mol. The van der Waals surface area contributed by atoms with Crippen LogP contribution in [0.15, 0.2) is 6.07 Å². The Morgan fingerprint density at radius 3 is 2.61 bits per heavy atom. The Kier molecular flexibility index (Phi) is 6.34. The van der Waals surface area contributed by atoms with E-state index in [9.17, 15) is 5.11 Å². The van der Waals surface area contributed by atoms with Gasteiger partial charge in [-0.1, -0.05) is 0 Å². The molecule has 0 aliphatic carbocycles. The first-order valence-corrected chi connectivity index (χ1v) is 5.65. The fourth-order valence-corrected chi connectivity index (χ4v) is 1.38. The predicted octanol–water partition coefficient (Wildman–Crippen LogP) is 0.0839. The van der Waals surface area contributed by atoms with Crippen LogP contribution in [0.3, 0.4) is 0 Å². The summed E-state index contributed by atoms with van der Waals surface area (Å²) in [5.74, 6) is 1.91. The van der Waals surface area contributed by atoms with Crippen LogP contribution in [0.25, 0.3) is 0 Å². The molecule has 0 amide bonds. The molecule has 1 rings (SSSR count). The van der Waals surface area contributed by atoms with E-state index in [2.05, 4.69) is 20.6 Å². The minimum Gasteiger partial charge on any atom is -0.389 e. The SMILES string of the molecule is CNc1cc(NCC(O)COC)nc(COC)n1. The van der Waals surface area contributed by atoms with Crippen LogP contribution >= 0.6 is 0 Å². The number of aromatic nitrogens is 2. The lowest BCUT2D eigenvalue weighted by molar-refractivity contribution is 0.0727. The number of methoxy groups -OCH3 is 2. The standard InChI is InChI=1S/C11H20N4O3/c1-12-9-4-10(13-5-8(16)6-17-2)15-11(14-9)7-18-3/h4,8,16H,5-7H2,1-3H3,(H2,12,13,14,15). The molecule has 7 nitrogen and oxygen atoms in total. The lowest BCUT2D eigenvalue weighted by Gasteiger charge is -2.12. The lowest BCUT2D eigenvalue weighted by Crippen LogP contribution is -2.24. The van der Waals surface area contributed by atoms with Crippen molar-refractivity contribution in [1.29, 1.82) is 0 Å². The van der Waals surface area contributed by atoms with Gasteiger partial charge in [0.1, 0.15) is 18.2 Å². The number of hydrogen-bond donors (Lipinski definition) is 3. The van der Waals surface area contributed by atoms with E-state index in [1.807, 2.05) is 0 Å². The summed E-state index contributed by atoms with van der Waals surface area (Å²) in [7, 11) is 4.91. The number of aliphatic hydroxyl groups excluding tert-OH is 1. The molecule has 0 spiro atoms. The summed E-state index contributed by atoms with van der Waals surface area (Å²) >= 11 is 0. The molecule has 3 N–H and O–H groups in total. The molecule has 102 valence electrons. The molecular weight excluding hydrogens is 236 g/mol. The van der Waals surface area contributed by atoms with E-state index < -0.39 is 6.10 Å². The van der Waals surface area contributed by atoms with E-state index in [4.69, 9.17) is 9.47 Å². The van der Waals surface area contributed by atoms with Crippen LogP contribution in [0.4, 0.5) is 11.6 Å². The Bertz CT molecular complexity index is 362. The Morgan fingerprint density at radius 1 is 1.28 bits per heavy atom. The van der Waals surface area contributed by atoms with Crippen molar-refractivity contribution in [1.82, 2.24) is 9.97 Å². The van der Waals surface area contributed by atoms with Crippen LogP contribution in [0.2, 0.25) is 0 Å². The molecule has 1 unspecified atom stereocenters. The number of nitrogens with one attached hydrogen (secondary N) is 2. The number of rotatable bonds is 8. The molecule has 0 saturated carbocycles. The van der Waals surface area contributed by atoms with Gasteiger partial charge in [0.2, 0.25) is 0 Å². The number of nitrogens with zero attached hydrogens (tertiary/aromatic N) is 2. The molecule has 0 aliphatic heterocycles. The van der Waals surface area contributed by atoms with Crippen molar-refractivity contribution in [3.63, 3.8) is 0 Å². The predicted molar refractivity (Wildman–Crippen MR) is 68.7 cm³/mol. The van der Waals surface area contributed by atoms with Gasteiger partial charge in [0.25, 0.3) is 0 Å². The zero-order chi connectivity index (χ0) is 13.4. The monoisotopic (exact) mass is 256 g/mol. The second kappa shape index (κ2) is 7.80. The average Bonchev–Trinajstić information content (AvgIpc) is 2.37. The maximum atomic E-state index is 9.54. The highest BCUT2D eigenvalue weighted by Crippen LogP contribution is 2.11.